The molecule has 0 N–H and O–H groups in total. The number of hydrogen-bond acceptors (Lipinski definition) is 1. The number of hydrogen-bond donors (Lipinski definition) is 0. The highest BCUT2D eigenvalue weighted by Crippen LogP contribution is 2.63. The molecular formula is C37H36O. The molecule has 0 atom stereocenters. The van der Waals surface area contributed by atoms with Gasteiger partial charge in [0, 0.05) is 5.56 Å². The van der Waals surface area contributed by atoms with Crippen LogP contribution < -0.4 is 4.74 Å². The molecule has 0 spiro atoms. The molecule has 4 aromatic rings. The summed E-state index contributed by atoms with van der Waals surface area (Å²) < 4.78 is 6.67. The molecule has 0 aliphatic heterocycles. The van der Waals surface area contributed by atoms with Crippen LogP contribution in [-0.4, -0.2) is 0 Å². The molecule has 0 aromatic heterocycles. The Morgan fingerprint density at radius 3 is 2.16 bits per heavy atom. The molecular weight excluding hydrogens is 460 g/mol. The number of ether oxygens (including phenoxy) is 1. The van der Waals surface area contributed by atoms with E-state index in [-0.39, 0.29) is 0 Å². The molecule has 0 heterocycles. The predicted octanol–water partition coefficient (Wildman–Crippen LogP) is 9.38. The van der Waals surface area contributed by atoms with Crippen molar-refractivity contribution in [2.75, 3.05) is 0 Å². The minimum Gasteiger partial charge on any atom is -0.488 e. The van der Waals surface area contributed by atoms with Gasteiger partial charge in [0.2, 0.25) is 0 Å². The molecule has 5 aliphatic carbocycles. The molecule has 190 valence electrons. The third kappa shape index (κ3) is 3.82. The average molecular weight is 497 g/mol. The molecule has 0 amide bonds. The molecule has 0 saturated heterocycles. The van der Waals surface area contributed by atoms with Crippen molar-refractivity contribution < 1.29 is 4.74 Å². The third-order valence-corrected chi connectivity index (χ3v) is 10.2. The van der Waals surface area contributed by atoms with E-state index in [2.05, 4.69) is 91.0 Å². The molecule has 9 rings (SSSR count). The van der Waals surface area contributed by atoms with Crippen LogP contribution in [0.25, 0.3) is 16.3 Å². The third-order valence-electron chi connectivity index (χ3n) is 10.2. The second kappa shape index (κ2) is 8.87. The van der Waals surface area contributed by atoms with Crippen molar-refractivity contribution >= 4 is 16.3 Å². The number of benzene rings is 4. The van der Waals surface area contributed by atoms with Crippen LogP contribution in [-0.2, 0) is 13.0 Å². The zero-order valence-corrected chi connectivity index (χ0v) is 22.2. The summed E-state index contributed by atoms with van der Waals surface area (Å²) in [4.78, 5) is 0. The number of fused-ring (bicyclic) bond motifs is 2. The van der Waals surface area contributed by atoms with Crippen LogP contribution in [0.15, 0.2) is 96.6 Å². The van der Waals surface area contributed by atoms with E-state index in [1.165, 1.54) is 83.5 Å². The molecule has 38 heavy (non-hydrogen) atoms. The van der Waals surface area contributed by atoms with E-state index in [9.17, 15) is 0 Å². The molecule has 4 bridgehead atoms. The first-order valence-corrected chi connectivity index (χ1v) is 14.7. The van der Waals surface area contributed by atoms with Gasteiger partial charge in [-0.25, -0.2) is 0 Å². The van der Waals surface area contributed by atoms with Gasteiger partial charge in [0.15, 0.2) is 0 Å². The van der Waals surface area contributed by atoms with Gasteiger partial charge >= 0.3 is 0 Å². The van der Waals surface area contributed by atoms with Gasteiger partial charge in [-0.3, -0.25) is 0 Å². The first kappa shape index (κ1) is 22.6. The van der Waals surface area contributed by atoms with Crippen molar-refractivity contribution in [1.82, 2.24) is 0 Å². The van der Waals surface area contributed by atoms with E-state index in [4.69, 9.17) is 4.74 Å². The van der Waals surface area contributed by atoms with Crippen LogP contribution in [0.5, 0.6) is 5.75 Å². The largest absolute Gasteiger partial charge is 0.488 e. The predicted molar refractivity (Wildman–Crippen MR) is 156 cm³/mol. The molecule has 1 heteroatoms. The lowest BCUT2D eigenvalue weighted by Gasteiger charge is -2.57. The minimum atomic E-state index is 0.521. The monoisotopic (exact) mass is 496 g/mol. The van der Waals surface area contributed by atoms with E-state index in [0.29, 0.717) is 12.0 Å². The van der Waals surface area contributed by atoms with Crippen LogP contribution in [0.1, 0.15) is 67.2 Å². The van der Waals surface area contributed by atoms with Gasteiger partial charge in [-0.05, 0) is 114 Å². The molecule has 0 unspecified atom stereocenters. The molecule has 4 aromatic carbocycles. The summed E-state index contributed by atoms with van der Waals surface area (Å²) in [6.45, 7) is 0.589. The first-order valence-electron chi connectivity index (χ1n) is 14.7. The van der Waals surface area contributed by atoms with Gasteiger partial charge in [-0.15, -0.1) is 0 Å². The average Bonchev–Trinajstić information content (AvgIpc) is 3.28. The minimum absolute atomic E-state index is 0.521. The highest BCUT2D eigenvalue weighted by Gasteiger charge is 2.51. The van der Waals surface area contributed by atoms with Crippen molar-refractivity contribution in [3.05, 3.63) is 119 Å². The summed E-state index contributed by atoms with van der Waals surface area (Å²) in [5, 5.41) is 2.60. The van der Waals surface area contributed by atoms with Crippen molar-refractivity contribution in [2.24, 2.45) is 23.2 Å². The maximum absolute atomic E-state index is 6.67. The summed E-state index contributed by atoms with van der Waals surface area (Å²) in [5.41, 5.74) is 9.08. The van der Waals surface area contributed by atoms with Gasteiger partial charge in [0.25, 0.3) is 0 Å². The maximum Gasteiger partial charge on any atom is 0.128 e. The highest BCUT2D eigenvalue weighted by molar-refractivity contribution is 6.02. The Bertz CT molecular complexity index is 1510. The second-order valence-corrected chi connectivity index (χ2v) is 12.8. The van der Waals surface area contributed by atoms with Crippen molar-refractivity contribution in [3.8, 4) is 5.75 Å². The first-order chi connectivity index (χ1) is 18.7. The van der Waals surface area contributed by atoms with E-state index in [0.717, 1.165) is 29.9 Å². The van der Waals surface area contributed by atoms with Crippen LogP contribution in [0.3, 0.4) is 0 Å². The molecule has 1 nitrogen and oxygen atoms in total. The number of rotatable bonds is 6. The standard InChI is InChI=1S/C37H36O/c1-2-8-25(9-3-1)24-38-34-15-14-29-10-4-6-12-32(29)36(34)35-31(19-30-11-5-7-13-33(30)35)23-37-20-26-16-27(21-37)18-28(17-26)22-37/h1-15,26-28H,16-24H2. The molecule has 5 aliphatic rings. The topological polar surface area (TPSA) is 9.23 Å². The molecule has 0 radical (unpaired) electrons. The van der Waals surface area contributed by atoms with E-state index in [1.54, 1.807) is 5.57 Å². The van der Waals surface area contributed by atoms with Crippen LogP contribution in [0, 0.1) is 23.2 Å². The van der Waals surface area contributed by atoms with E-state index in [1.807, 2.05) is 0 Å². The van der Waals surface area contributed by atoms with Crippen molar-refractivity contribution in [1.29, 1.82) is 0 Å². The van der Waals surface area contributed by atoms with Gasteiger partial charge in [0.05, 0.1) is 0 Å². The summed E-state index contributed by atoms with van der Waals surface area (Å²) in [6, 6.07) is 33.1. The van der Waals surface area contributed by atoms with Gasteiger partial charge in [-0.2, -0.15) is 0 Å². The maximum atomic E-state index is 6.67. The Labute approximate surface area is 226 Å². The smallest absolute Gasteiger partial charge is 0.128 e. The fourth-order valence-electron chi connectivity index (χ4n) is 9.21. The molecule has 4 fully saturated rings. The second-order valence-electron chi connectivity index (χ2n) is 12.8. The lowest BCUT2D eigenvalue weighted by molar-refractivity contribution is -0.0522. The molecule has 4 saturated carbocycles. The Kier molecular flexibility index (Phi) is 5.29. The summed E-state index contributed by atoms with van der Waals surface area (Å²) in [7, 11) is 0. The summed E-state index contributed by atoms with van der Waals surface area (Å²) >= 11 is 0. The van der Waals surface area contributed by atoms with Gasteiger partial charge in [0.1, 0.15) is 12.4 Å². The van der Waals surface area contributed by atoms with E-state index < -0.39 is 0 Å². The Morgan fingerprint density at radius 1 is 0.684 bits per heavy atom. The van der Waals surface area contributed by atoms with Crippen LogP contribution in [0.4, 0.5) is 0 Å². The summed E-state index contributed by atoms with van der Waals surface area (Å²) in [6.07, 6.45) is 11.2. The van der Waals surface area contributed by atoms with Crippen molar-refractivity contribution in [2.45, 2.75) is 58.0 Å². The number of allylic oxidation sites excluding steroid dienone is 1. The fraction of sp³-hybridized carbons (Fsp3) is 0.351. The Balaban J connectivity index is 1.27. The van der Waals surface area contributed by atoms with Crippen molar-refractivity contribution in [3.63, 3.8) is 0 Å². The zero-order valence-electron chi connectivity index (χ0n) is 22.2. The quantitative estimate of drug-likeness (QED) is 0.258. The lowest BCUT2D eigenvalue weighted by Crippen LogP contribution is -2.46. The van der Waals surface area contributed by atoms with E-state index >= 15 is 0 Å². The van der Waals surface area contributed by atoms with Gasteiger partial charge in [-0.1, -0.05) is 90.5 Å². The zero-order chi connectivity index (χ0) is 25.1. The Morgan fingerprint density at radius 2 is 1.37 bits per heavy atom. The fourth-order valence-corrected chi connectivity index (χ4v) is 9.21. The Hall–Kier alpha value is -3.32. The normalized spacial score (nSPS) is 27.2. The highest BCUT2D eigenvalue weighted by atomic mass is 16.5. The van der Waals surface area contributed by atoms with Crippen LogP contribution >= 0.6 is 0 Å². The summed E-state index contributed by atoms with van der Waals surface area (Å²) in [5.74, 6) is 3.96. The lowest BCUT2D eigenvalue weighted by atomic mass is 9.48. The van der Waals surface area contributed by atoms with Gasteiger partial charge < -0.3 is 4.74 Å². The van der Waals surface area contributed by atoms with Crippen LogP contribution in [0.2, 0.25) is 0 Å². The SMILES string of the molecule is c1ccc(COc2ccc3ccccc3c2C2=C(CC34CC5CC(CC(C5)C3)C4)Cc3ccccc32)cc1.